The molecule has 0 aromatic rings. The van der Waals surface area contributed by atoms with Gasteiger partial charge in [0.25, 0.3) is 0 Å². The third-order valence-electron chi connectivity index (χ3n) is 4.50. The fourth-order valence-corrected chi connectivity index (χ4v) is 3.33. The standard InChI is InChI=1S/C14H27N/c1-12-7-3-2-4-10-14(12)15-11-13-8-5-6-9-13/h12-15H,2-11H2,1H3. The van der Waals surface area contributed by atoms with E-state index in [0.29, 0.717) is 0 Å². The molecule has 2 aliphatic carbocycles. The highest BCUT2D eigenvalue weighted by Crippen LogP contribution is 2.26. The molecule has 0 radical (unpaired) electrons. The van der Waals surface area contributed by atoms with Crippen LogP contribution in [0.15, 0.2) is 0 Å². The molecular formula is C14H27N. The zero-order valence-electron chi connectivity index (χ0n) is 10.3. The Labute approximate surface area is 95.0 Å². The highest BCUT2D eigenvalue weighted by Gasteiger charge is 2.21. The van der Waals surface area contributed by atoms with Gasteiger partial charge in [0, 0.05) is 6.04 Å². The Kier molecular flexibility index (Phi) is 4.49. The lowest BCUT2D eigenvalue weighted by molar-refractivity contribution is 0.332. The van der Waals surface area contributed by atoms with Gasteiger partial charge in [-0.2, -0.15) is 0 Å². The Morgan fingerprint density at radius 2 is 1.53 bits per heavy atom. The van der Waals surface area contributed by atoms with E-state index in [4.69, 9.17) is 0 Å². The Hall–Kier alpha value is -0.0400. The predicted molar refractivity (Wildman–Crippen MR) is 66.0 cm³/mol. The first-order valence-corrected chi connectivity index (χ1v) is 7.09. The molecule has 0 heterocycles. The van der Waals surface area contributed by atoms with Crippen LogP contribution in [-0.2, 0) is 0 Å². The molecule has 2 saturated carbocycles. The highest BCUT2D eigenvalue weighted by atomic mass is 14.9. The van der Waals surface area contributed by atoms with Gasteiger partial charge >= 0.3 is 0 Å². The summed E-state index contributed by atoms with van der Waals surface area (Å²) in [5.74, 6) is 1.91. The first-order valence-electron chi connectivity index (χ1n) is 7.09. The molecule has 1 nitrogen and oxygen atoms in total. The number of rotatable bonds is 3. The fraction of sp³-hybridized carbons (Fsp3) is 1.00. The fourth-order valence-electron chi connectivity index (χ4n) is 3.33. The molecule has 1 heteroatoms. The molecule has 2 unspecified atom stereocenters. The average Bonchev–Trinajstić information content (AvgIpc) is 2.67. The third-order valence-corrected chi connectivity index (χ3v) is 4.50. The minimum absolute atomic E-state index is 0.827. The summed E-state index contributed by atoms with van der Waals surface area (Å²) in [5, 5.41) is 3.85. The molecule has 0 spiro atoms. The molecule has 2 rings (SSSR count). The Morgan fingerprint density at radius 3 is 2.33 bits per heavy atom. The van der Waals surface area contributed by atoms with Crippen molar-refractivity contribution in [2.24, 2.45) is 11.8 Å². The molecule has 88 valence electrons. The Balaban J connectivity index is 1.71. The normalized spacial score (nSPS) is 34.2. The summed E-state index contributed by atoms with van der Waals surface area (Å²) < 4.78 is 0. The quantitative estimate of drug-likeness (QED) is 0.698. The Bertz CT molecular complexity index is 172. The lowest BCUT2D eigenvalue weighted by Gasteiger charge is -2.24. The molecule has 0 saturated heterocycles. The van der Waals surface area contributed by atoms with Crippen LogP contribution < -0.4 is 5.32 Å². The molecule has 0 amide bonds. The van der Waals surface area contributed by atoms with Crippen LogP contribution >= 0.6 is 0 Å². The van der Waals surface area contributed by atoms with Crippen LogP contribution in [0.5, 0.6) is 0 Å². The van der Waals surface area contributed by atoms with Gasteiger partial charge in [-0.05, 0) is 44.1 Å². The number of nitrogens with one attached hydrogen (secondary N) is 1. The van der Waals surface area contributed by atoms with Gasteiger partial charge in [-0.1, -0.05) is 39.0 Å². The molecular weight excluding hydrogens is 182 g/mol. The van der Waals surface area contributed by atoms with E-state index in [2.05, 4.69) is 12.2 Å². The summed E-state index contributed by atoms with van der Waals surface area (Å²) in [5.41, 5.74) is 0. The second-order valence-electron chi connectivity index (χ2n) is 5.78. The predicted octanol–water partition coefficient (Wildman–Crippen LogP) is 3.74. The largest absolute Gasteiger partial charge is 0.313 e. The van der Waals surface area contributed by atoms with Crippen molar-refractivity contribution in [3.8, 4) is 0 Å². The molecule has 1 N–H and O–H groups in total. The van der Waals surface area contributed by atoms with E-state index in [0.717, 1.165) is 17.9 Å². The first-order chi connectivity index (χ1) is 7.36. The number of hydrogen-bond donors (Lipinski definition) is 1. The van der Waals surface area contributed by atoms with Gasteiger partial charge in [-0.25, -0.2) is 0 Å². The third kappa shape index (κ3) is 3.48. The minimum Gasteiger partial charge on any atom is -0.313 e. The van der Waals surface area contributed by atoms with E-state index in [1.807, 2.05) is 0 Å². The van der Waals surface area contributed by atoms with E-state index in [1.165, 1.54) is 64.3 Å². The van der Waals surface area contributed by atoms with Crippen molar-refractivity contribution in [2.75, 3.05) is 6.54 Å². The van der Waals surface area contributed by atoms with Gasteiger partial charge in [0.2, 0.25) is 0 Å². The summed E-state index contributed by atoms with van der Waals surface area (Å²) in [7, 11) is 0. The molecule has 2 fully saturated rings. The molecule has 0 aromatic carbocycles. The van der Waals surface area contributed by atoms with E-state index < -0.39 is 0 Å². The van der Waals surface area contributed by atoms with Crippen LogP contribution in [-0.4, -0.2) is 12.6 Å². The van der Waals surface area contributed by atoms with Crippen molar-refractivity contribution in [1.29, 1.82) is 0 Å². The maximum absolute atomic E-state index is 3.85. The lowest BCUT2D eigenvalue weighted by Crippen LogP contribution is -2.37. The maximum Gasteiger partial charge on any atom is 0.00928 e. The van der Waals surface area contributed by atoms with E-state index >= 15 is 0 Å². The lowest BCUT2D eigenvalue weighted by atomic mass is 9.96. The maximum atomic E-state index is 3.85. The van der Waals surface area contributed by atoms with Gasteiger partial charge in [0.1, 0.15) is 0 Å². The van der Waals surface area contributed by atoms with Crippen LogP contribution in [0.25, 0.3) is 0 Å². The van der Waals surface area contributed by atoms with Crippen molar-refractivity contribution in [3.63, 3.8) is 0 Å². The smallest absolute Gasteiger partial charge is 0.00928 e. The monoisotopic (exact) mass is 209 g/mol. The van der Waals surface area contributed by atoms with Crippen molar-refractivity contribution >= 4 is 0 Å². The van der Waals surface area contributed by atoms with Crippen LogP contribution in [0.1, 0.15) is 64.7 Å². The SMILES string of the molecule is CC1CCCCCC1NCC1CCCC1. The van der Waals surface area contributed by atoms with Gasteiger partial charge in [-0.3, -0.25) is 0 Å². The molecule has 2 atom stereocenters. The Morgan fingerprint density at radius 1 is 0.867 bits per heavy atom. The van der Waals surface area contributed by atoms with Crippen molar-refractivity contribution in [3.05, 3.63) is 0 Å². The van der Waals surface area contributed by atoms with Gasteiger partial charge in [-0.15, -0.1) is 0 Å². The second-order valence-corrected chi connectivity index (χ2v) is 5.78. The van der Waals surface area contributed by atoms with E-state index in [9.17, 15) is 0 Å². The molecule has 0 bridgehead atoms. The first kappa shape index (κ1) is 11.4. The van der Waals surface area contributed by atoms with Gasteiger partial charge in [0.05, 0.1) is 0 Å². The number of hydrogen-bond acceptors (Lipinski definition) is 1. The van der Waals surface area contributed by atoms with Crippen molar-refractivity contribution in [2.45, 2.75) is 70.8 Å². The van der Waals surface area contributed by atoms with Crippen LogP contribution in [0.4, 0.5) is 0 Å². The molecule has 0 aliphatic heterocycles. The molecule has 0 aromatic heterocycles. The van der Waals surface area contributed by atoms with Crippen molar-refractivity contribution in [1.82, 2.24) is 5.32 Å². The van der Waals surface area contributed by atoms with Crippen LogP contribution in [0.3, 0.4) is 0 Å². The highest BCUT2D eigenvalue weighted by molar-refractivity contribution is 4.79. The summed E-state index contributed by atoms with van der Waals surface area (Å²) in [6.07, 6.45) is 13.2. The van der Waals surface area contributed by atoms with Gasteiger partial charge < -0.3 is 5.32 Å². The summed E-state index contributed by atoms with van der Waals surface area (Å²) in [6, 6.07) is 0.827. The van der Waals surface area contributed by atoms with E-state index in [1.54, 1.807) is 0 Å². The van der Waals surface area contributed by atoms with Crippen LogP contribution in [0.2, 0.25) is 0 Å². The zero-order chi connectivity index (χ0) is 10.5. The molecule has 2 aliphatic rings. The summed E-state index contributed by atoms with van der Waals surface area (Å²) in [4.78, 5) is 0. The van der Waals surface area contributed by atoms with Gasteiger partial charge in [0.15, 0.2) is 0 Å². The molecule has 15 heavy (non-hydrogen) atoms. The van der Waals surface area contributed by atoms with Crippen molar-refractivity contribution < 1.29 is 0 Å². The minimum atomic E-state index is 0.827. The average molecular weight is 209 g/mol. The summed E-state index contributed by atoms with van der Waals surface area (Å²) >= 11 is 0. The van der Waals surface area contributed by atoms with E-state index in [-0.39, 0.29) is 0 Å². The topological polar surface area (TPSA) is 12.0 Å². The summed E-state index contributed by atoms with van der Waals surface area (Å²) in [6.45, 7) is 3.74. The zero-order valence-corrected chi connectivity index (χ0v) is 10.3. The second kappa shape index (κ2) is 5.89. The van der Waals surface area contributed by atoms with Crippen LogP contribution in [0, 0.1) is 11.8 Å².